The van der Waals surface area contributed by atoms with Crippen LogP contribution in [-0.2, 0) is 14.4 Å². The molecule has 2 unspecified atom stereocenters. The van der Waals surface area contributed by atoms with E-state index in [0.717, 1.165) is 0 Å². The fourth-order valence-electron chi connectivity index (χ4n) is 1.65. The van der Waals surface area contributed by atoms with Crippen molar-refractivity contribution >= 4 is 17.7 Å². The molecule has 1 fully saturated rings. The number of nitrogens with two attached hydrogens (primary N) is 2. The van der Waals surface area contributed by atoms with Gasteiger partial charge in [0.1, 0.15) is 6.04 Å². The van der Waals surface area contributed by atoms with Gasteiger partial charge in [-0.15, -0.1) is 0 Å². The summed E-state index contributed by atoms with van der Waals surface area (Å²) in [7, 11) is 0. The van der Waals surface area contributed by atoms with Crippen LogP contribution in [0.5, 0.6) is 0 Å². The van der Waals surface area contributed by atoms with E-state index < -0.39 is 17.9 Å². The first-order valence-corrected chi connectivity index (χ1v) is 5.11. The third kappa shape index (κ3) is 3.20. The molecule has 3 amide bonds. The standard InChI is InChI=1S/C9H16N4O3/c10-4-7(14)13-6(8(11)15)3-5-1-2-12-9(5)16/h5-6H,1-4,10H2,(H2,11,15)(H,12,16)(H,13,14). The summed E-state index contributed by atoms with van der Waals surface area (Å²) in [5.41, 5.74) is 10.2. The molecule has 1 aliphatic heterocycles. The average Bonchev–Trinajstić information content (AvgIpc) is 2.63. The van der Waals surface area contributed by atoms with Crippen molar-refractivity contribution in [3.05, 3.63) is 0 Å². The fourth-order valence-corrected chi connectivity index (χ4v) is 1.65. The molecule has 90 valence electrons. The number of nitrogens with one attached hydrogen (secondary N) is 2. The summed E-state index contributed by atoms with van der Waals surface area (Å²) < 4.78 is 0. The summed E-state index contributed by atoms with van der Waals surface area (Å²) in [6.07, 6.45) is 0.883. The van der Waals surface area contributed by atoms with Gasteiger partial charge in [-0.25, -0.2) is 0 Å². The van der Waals surface area contributed by atoms with Crippen molar-refractivity contribution in [2.45, 2.75) is 18.9 Å². The van der Waals surface area contributed by atoms with Crippen molar-refractivity contribution in [2.75, 3.05) is 13.1 Å². The topological polar surface area (TPSA) is 127 Å². The summed E-state index contributed by atoms with van der Waals surface area (Å²) in [5, 5.41) is 5.05. The first-order chi connectivity index (χ1) is 7.54. The summed E-state index contributed by atoms with van der Waals surface area (Å²) in [5.74, 6) is -1.48. The number of rotatable bonds is 5. The molecular formula is C9H16N4O3. The molecule has 2 atom stereocenters. The summed E-state index contributed by atoms with van der Waals surface area (Å²) in [6, 6.07) is -0.829. The molecule has 0 spiro atoms. The largest absolute Gasteiger partial charge is 0.368 e. The molecule has 0 aliphatic carbocycles. The van der Waals surface area contributed by atoms with Crippen LogP contribution < -0.4 is 22.1 Å². The van der Waals surface area contributed by atoms with Gasteiger partial charge in [0.15, 0.2) is 0 Å². The highest BCUT2D eigenvalue weighted by Gasteiger charge is 2.29. The third-order valence-electron chi connectivity index (χ3n) is 2.55. The van der Waals surface area contributed by atoms with Crippen LogP contribution in [0.15, 0.2) is 0 Å². The molecule has 1 rings (SSSR count). The molecule has 0 aromatic carbocycles. The number of primary amides is 1. The van der Waals surface area contributed by atoms with Crippen LogP contribution in [0.4, 0.5) is 0 Å². The molecule has 7 nitrogen and oxygen atoms in total. The minimum Gasteiger partial charge on any atom is -0.368 e. The Morgan fingerprint density at radius 2 is 2.25 bits per heavy atom. The van der Waals surface area contributed by atoms with Gasteiger partial charge in [-0.2, -0.15) is 0 Å². The van der Waals surface area contributed by atoms with E-state index in [4.69, 9.17) is 11.5 Å². The van der Waals surface area contributed by atoms with Gasteiger partial charge in [0.2, 0.25) is 17.7 Å². The van der Waals surface area contributed by atoms with Gasteiger partial charge < -0.3 is 22.1 Å². The quantitative estimate of drug-likeness (QED) is 0.412. The molecule has 0 aromatic heterocycles. The fraction of sp³-hybridized carbons (Fsp3) is 0.667. The number of amides is 3. The van der Waals surface area contributed by atoms with Gasteiger partial charge in [0.05, 0.1) is 6.54 Å². The Hall–Kier alpha value is -1.63. The lowest BCUT2D eigenvalue weighted by Crippen LogP contribution is -2.48. The van der Waals surface area contributed by atoms with Crippen molar-refractivity contribution in [3.8, 4) is 0 Å². The summed E-state index contributed by atoms with van der Waals surface area (Å²) >= 11 is 0. The van der Waals surface area contributed by atoms with Gasteiger partial charge >= 0.3 is 0 Å². The minimum absolute atomic E-state index is 0.103. The highest BCUT2D eigenvalue weighted by molar-refractivity contribution is 5.88. The molecule has 7 heteroatoms. The van der Waals surface area contributed by atoms with Crippen molar-refractivity contribution in [1.82, 2.24) is 10.6 Å². The number of hydrogen-bond donors (Lipinski definition) is 4. The normalized spacial score (nSPS) is 21.3. The Balaban J connectivity index is 2.54. The van der Waals surface area contributed by atoms with Gasteiger partial charge in [-0.05, 0) is 12.8 Å². The predicted octanol–water partition coefficient (Wildman–Crippen LogP) is -2.56. The van der Waals surface area contributed by atoms with Crippen LogP contribution in [0.1, 0.15) is 12.8 Å². The second kappa shape index (κ2) is 5.45. The SMILES string of the molecule is NCC(=O)NC(CC1CCNC1=O)C(N)=O. The van der Waals surface area contributed by atoms with Crippen LogP contribution in [0, 0.1) is 5.92 Å². The number of carbonyl (C=O) groups excluding carboxylic acids is 3. The van der Waals surface area contributed by atoms with Gasteiger partial charge in [0, 0.05) is 12.5 Å². The van der Waals surface area contributed by atoms with Gasteiger partial charge in [-0.1, -0.05) is 0 Å². The highest BCUT2D eigenvalue weighted by Crippen LogP contribution is 2.15. The molecule has 0 saturated carbocycles. The monoisotopic (exact) mass is 228 g/mol. The van der Waals surface area contributed by atoms with Crippen molar-refractivity contribution < 1.29 is 14.4 Å². The zero-order valence-corrected chi connectivity index (χ0v) is 8.86. The number of carbonyl (C=O) groups is 3. The lowest BCUT2D eigenvalue weighted by Gasteiger charge is -2.17. The molecule has 6 N–H and O–H groups in total. The lowest BCUT2D eigenvalue weighted by atomic mass is 9.98. The maximum absolute atomic E-state index is 11.3. The molecule has 0 aromatic rings. The van der Waals surface area contributed by atoms with Crippen LogP contribution in [-0.4, -0.2) is 36.9 Å². The minimum atomic E-state index is -0.829. The van der Waals surface area contributed by atoms with Crippen LogP contribution in [0.2, 0.25) is 0 Å². The second-order valence-electron chi connectivity index (χ2n) is 3.74. The molecule has 0 bridgehead atoms. The van der Waals surface area contributed by atoms with E-state index in [1.54, 1.807) is 0 Å². The van der Waals surface area contributed by atoms with Crippen molar-refractivity contribution in [3.63, 3.8) is 0 Å². The maximum Gasteiger partial charge on any atom is 0.240 e. The zero-order chi connectivity index (χ0) is 12.1. The second-order valence-corrected chi connectivity index (χ2v) is 3.74. The molecule has 1 aliphatic rings. The van der Waals surface area contributed by atoms with Crippen LogP contribution >= 0.6 is 0 Å². The smallest absolute Gasteiger partial charge is 0.240 e. The van der Waals surface area contributed by atoms with Gasteiger partial charge in [0.25, 0.3) is 0 Å². The first-order valence-electron chi connectivity index (χ1n) is 5.11. The van der Waals surface area contributed by atoms with E-state index in [-0.39, 0.29) is 24.8 Å². The van der Waals surface area contributed by atoms with E-state index in [1.807, 2.05) is 0 Å². The molecular weight excluding hydrogens is 212 g/mol. The molecule has 0 radical (unpaired) electrons. The average molecular weight is 228 g/mol. The third-order valence-corrected chi connectivity index (χ3v) is 2.55. The highest BCUT2D eigenvalue weighted by atomic mass is 16.2. The zero-order valence-electron chi connectivity index (χ0n) is 8.86. The van der Waals surface area contributed by atoms with Crippen LogP contribution in [0.25, 0.3) is 0 Å². The Labute approximate surface area is 92.9 Å². The van der Waals surface area contributed by atoms with E-state index in [0.29, 0.717) is 13.0 Å². The Morgan fingerprint density at radius 1 is 1.56 bits per heavy atom. The van der Waals surface area contributed by atoms with Crippen molar-refractivity contribution in [1.29, 1.82) is 0 Å². The maximum atomic E-state index is 11.3. The number of hydrogen-bond acceptors (Lipinski definition) is 4. The van der Waals surface area contributed by atoms with Crippen molar-refractivity contribution in [2.24, 2.45) is 17.4 Å². The van der Waals surface area contributed by atoms with E-state index >= 15 is 0 Å². The Bertz CT molecular complexity index is 305. The van der Waals surface area contributed by atoms with Gasteiger partial charge in [-0.3, -0.25) is 14.4 Å². The molecule has 16 heavy (non-hydrogen) atoms. The van der Waals surface area contributed by atoms with E-state index in [1.165, 1.54) is 0 Å². The molecule has 1 heterocycles. The van der Waals surface area contributed by atoms with Crippen LogP contribution in [0.3, 0.4) is 0 Å². The summed E-state index contributed by atoms with van der Waals surface area (Å²) in [6.45, 7) is 0.389. The summed E-state index contributed by atoms with van der Waals surface area (Å²) in [4.78, 5) is 33.4. The van der Waals surface area contributed by atoms with E-state index in [9.17, 15) is 14.4 Å². The molecule has 1 saturated heterocycles. The predicted molar refractivity (Wildman–Crippen MR) is 55.9 cm³/mol. The lowest BCUT2D eigenvalue weighted by molar-refractivity contribution is -0.128. The van der Waals surface area contributed by atoms with E-state index in [2.05, 4.69) is 10.6 Å². The Morgan fingerprint density at radius 3 is 2.69 bits per heavy atom. The Kier molecular flexibility index (Phi) is 4.24. The first kappa shape index (κ1) is 12.4.